The van der Waals surface area contributed by atoms with Gasteiger partial charge in [-0.1, -0.05) is 13.8 Å². The van der Waals surface area contributed by atoms with Crippen molar-refractivity contribution in [1.29, 1.82) is 5.26 Å². The summed E-state index contributed by atoms with van der Waals surface area (Å²) in [6, 6.07) is 5.18. The zero-order chi connectivity index (χ0) is 15.6. The minimum atomic E-state index is -4.52. The molecule has 0 radical (unpaired) electrons. The molecule has 0 aliphatic carbocycles. The highest BCUT2D eigenvalue weighted by atomic mass is 19.4. The van der Waals surface area contributed by atoms with Crippen LogP contribution in [0.3, 0.4) is 0 Å². The second-order valence-electron chi connectivity index (χ2n) is 5.56. The number of rotatable bonds is 4. The first-order valence-electron chi connectivity index (χ1n) is 6.13. The van der Waals surface area contributed by atoms with Crippen LogP contribution in [-0.2, 0) is 6.18 Å². The molecule has 0 unspecified atom stereocenters. The molecule has 0 atom stereocenters. The number of anilines is 1. The van der Waals surface area contributed by atoms with Crippen LogP contribution in [0.2, 0.25) is 0 Å². The van der Waals surface area contributed by atoms with E-state index in [9.17, 15) is 13.2 Å². The molecular weight excluding hydrogens is 267 g/mol. The molecule has 0 bridgehead atoms. The SMILES string of the molecule is CN(CC(C)(C)CN)c1ccc(C(F)(F)F)c(C#N)c1. The predicted octanol–water partition coefficient (Wildman–Crippen LogP) is 3.00. The molecule has 110 valence electrons. The van der Waals surface area contributed by atoms with E-state index < -0.39 is 11.7 Å². The first-order valence-corrected chi connectivity index (χ1v) is 6.13. The van der Waals surface area contributed by atoms with Gasteiger partial charge in [0.15, 0.2) is 0 Å². The highest BCUT2D eigenvalue weighted by Crippen LogP contribution is 2.33. The normalized spacial score (nSPS) is 12.1. The molecule has 0 aliphatic heterocycles. The molecule has 1 rings (SSSR count). The third-order valence-corrected chi connectivity index (χ3v) is 3.09. The number of alkyl halides is 3. The summed E-state index contributed by atoms with van der Waals surface area (Å²) in [5.41, 5.74) is 4.77. The van der Waals surface area contributed by atoms with Gasteiger partial charge in [0.2, 0.25) is 0 Å². The van der Waals surface area contributed by atoms with Gasteiger partial charge in [-0.2, -0.15) is 18.4 Å². The average molecular weight is 285 g/mol. The Labute approximate surface area is 116 Å². The number of hydrogen-bond acceptors (Lipinski definition) is 3. The average Bonchev–Trinajstić information content (AvgIpc) is 2.36. The summed E-state index contributed by atoms with van der Waals surface area (Å²) in [7, 11) is 1.77. The van der Waals surface area contributed by atoms with E-state index in [2.05, 4.69) is 0 Å². The molecule has 0 spiro atoms. The Balaban J connectivity index is 3.08. The van der Waals surface area contributed by atoms with Gasteiger partial charge >= 0.3 is 6.18 Å². The standard InChI is InChI=1S/C14H18F3N3/c1-13(2,8-19)9-20(3)11-4-5-12(14(15,16)17)10(6-11)7-18/h4-6H,8-9,19H2,1-3H3. The minimum absolute atomic E-state index is 0.162. The Kier molecular flexibility index (Phi) is 4.66. The van der Waals surface area contributed by atoms with Crippen molar-refractivity contribution in [2.45, 2.75) is 20.0 Å². The topological polar surface area (TPSA) is 53.0 Å². The van der Waals surface area contributed by atoms with Gasteiger partial charge in [-0.15, -0.1) is 0 Å². The monoisotopic (exact) mass is 285 g/mol. The molecule has 0 aromatic heterocycles. The van der Waals surface area contributed by atoms with Crippen molar-refractivity contribution in [2.75, 3.05) is 25.0 Å². The molecule has 1 aromatic rings. The van der Waals surface area contributed by atoms with Crippen molar-refractivity contribution in [3.63, 3.8) is 0 Å². The Morgan fingerprint density at radius 2 is 1.90 bits per heavy atom. The van der Waals surface area contributed by atoms with Crippen molar-refractivity contribution in [1.82, 2.24) is 0 Å². The summed E-state index contributed by atoms with van der Waals surface area (Å²) in [5.74, 6) is 0. The van der Waals surface area contributed by atoms with Gasteiger partial charge < -0.3 is 10.6 Å². The zero-order valence-corrected chi connectivity index (χ0v) is 11.8. The van der Waals surface area contributed by atoms with Crippen LogP contribution in [0.15, 0.2) is 18.2 Å². The number of nitrogens with two attached hydrogens (primary N) is 1. The second kappa shape index (κ2) is 5.71. The lowest BCUT2D eigenvalue weighted by molar-refractivity contribution is -0.137. The summed E-state index contributed by atoms with van der Waals surface area (Å²) in [6.45, 7) is 4.99. The van der Waals surface area contributed by atoms with Crippen LogP contribution in [-0.4, -0.2) is 20.1 Å². The van der Waals surface area contributed by atoms with E-state index in [1.807, 2.05) is 13.8 Å². The molecule has 6 heteroatoms. The van der Waals surface area contributed by atoms with Gasteiger partial charge in [0.25, 0.3) is 0 Å². The maximum absolute atomic E-state index is 12.7. The molecule has 0 saturated heterocycles. The van der Waals surface area contributed by atoms with Crippen molar-refractivity contribution in [2.24, 2.45) is 11.1 Å². The van der Waals surface area contributed by atoms with Crippen molar-refractivity contribution in [3.8, 4) is 6.07 Å². The zero-order valence-electron chi connectivity index (χ0n) is 11.8. The van der Waals surface area contributed by atoms with Crippen LogP contribution in [0.25, 0.3) is 0 Å². The third kappa shape index (κ3) is 3.87. The van der Waals surface area contributed by atoms with Crippen LogP contribution in [0.5, 0.6) is 0 Å². The maximum atomic E-state index is 12.7. The van der Waals surface area contributed by atoms with Crippen molar-refractivity contribution >= 4 is 5.69 Å². The van der Waals surface area contributed by atoms with E-state index in [0.717, 1.165) is 6.07 Å². The molecule has 2 N–H and O–H groups in total. The maximum Gasteiger partial charge on any atom is 0.417 e. The van der Waals surface area contributed by atoms with Crippen LogP contribution in [0.1, 0.15) is 25.0 Å². The third-order valence-electron chi connectivity index (χ3n) is 3.09. The number of halogens is 3. The van der Waals surface area contributed by atoms with Gasteiger partial charge in [-0.05, 0) is 30.2 Å². The van der Waals surface area contributed by atoms with Crippen LogP contribution in [0, 0.1) is 16.7 Å². The Morgan fingerprint density at radius 1 is 1.30 bits per heavy atom. The van der Waals surface area contributed by atoms with E-state index in [0.29, 0.717) is 18.8 Å². The molecule has 0 fully saturated rings. The van der Waals surface area contributed by atoms with Crippen molar-refractivity contribution < 1.29 is 13.2 Å². The summed E-state index contributed by atoms with van der Waals surface area (Å²) in [5, 5.41) is 8.88. The minimum Gasteiger partial charge on any atom is -0.374 e. The van der Waals surface area contributed by atoms with E-state index in [-0.39, 0.29) is 11.0 Å². The van der Waals surface area contributed by atoms with Gasteiger partial charge in [0, 0.05) is 19.3 Å². The van der Waals surface area contributed by atoms with E-state index >= 15 is 0 Å². The molecule has 3 nitrogen and oxygen atoms in total. The Bertz CT molecular complexity index is 515. The first kappa shape index (κ1) is 16.3. The lowest BCUT2D eigenvalue weighted by Crippen LogP contribution is -2.36. The fourth-order valence-corrected chi connectivity index (χ4v) is 1.91. The van der Waals surface area contributed by atoms with E-state index in [4.69, 9.17) is 11.0 Å². The summed E-state index contributed by atoms with van der Waals surface area (Å²) in [6.07, 6.45) is -4.52. The Morgan fingerprint density at radius 3 is 2.35 bits per heavy atom. The van der Waals surface area contributed by atoms with Crippen LogP contribution in [0.4, 0.5) is 18.9 Å². The van der Waals surface area contributed by atoms with Crippen LogP contribution >= 0.6 is 0 Å². The highest BCUT2D eigenvalue weighted by Gasteiger charge is 2.33. The molecule has 0 saturated carbocycles. The van der Waals surface area contributed by atoms with Gasteiger partial charge in [-0.25, -0.2) is 0 Å². The summed E-state index contributed by atoms with van der Waals surface area (Å²) >= 11 is 0. The van der Waals surface area contributed by atoms with Gasteiger partial charge in [-0.3, -0.25) is 0 Å². The lowest BCUT2D eigenvalue weighted by Gasteiger charge is -2.30. The number of benzene rings is 1. The largest absolute Gasteiger partial charge is 0.417 e. The number of nitrogens with zero attached hydrogens (tertiary/aromatic N) is 2. The van der Waals surface area contributed by atoms with Gasteiger partial charge in [0.05, 0.1) is 17.2 Å². The summed E-state index contributed by atoms with van der Waals surface area (Å²) in [4.78, 5) is 1.80. The first-order chi connectivity index (χ1) is 9.10. The molecule has 0 amide bonds. The lowest BCUT2D eigenvalue weighted by atomic mass is 9.93. The molecule has 0 aliphatic rings. The van der Waals surface area contributed by atoms with Crippen LogP contribution < -0.4 is 10.6 Å². The Hall–Kier alpha value is -1.74. The number of hydrogen-bond donors (Lipinski definition) is 1. The molecular formula is C14H18F3N3. The van der Waals surface area contributed by atoms with Crippen molar-refractivity contribution in [3.05, 3.63) is 29.3 Å². The fourth-order valence-electron chi connectivity index (χ4n) is 1.91. The number of nitriles is 1. The fraction of sp³-hybridized carbons (Fsp3) is 0.500. The summed E-state index contributed by atoms with van der Waals surface area (Å²) < 4.78 is 38.1. The second-order valence-corrected chi connectivity index (χ2v) is 5.56. The van der Waals surface area contributed by atoms with Gasteiger partial charge in [0.1, 0.15) is 0 Å². The molecule has 20 heavy (non-hydrogen) atoms. The predicted molar refractivity (Wildman–Crippen MR) is 72.3 cm³/mol. The smallest absolute Gasteiger partial charge is 0.374 e. The molecule has 1 aromatic carbocycles. The van der Waals surface area contributed by atoms with E-state index in [1.165, 1.54) is 12.1 Å². The quantitative estimate of drug-likeness (QED) is 0.925. The highest BCUT2D eigenvalue weighted by molar-refractivity contribution is 5.55. The molecule has 0 heterocycles. The van der Waals surface area contributed by atoms with E-state index in [1.54, 1.807) is 18.0 Å².